The highest BCUT2D eigenvalue weighted by atomic mass is 19.1. The van der Waals surface area contributed by atoms with Crippen molar-refractivity contribution in [2.75, 3.05) is 13.1 Å². The number of piperidine rings is 1. The van der Waals surface area contributed by atoms with Gasteiger partial charge in [-0.1, -0.05) is 43.2 Å². The van der Waals surface area contributed by atoms with E-state index in [-0.39, 0.29) is 11.6 Å². The van der Waals surface area contributed by atoms with Crippen LogP contribution in [0.25, 0.3) is 21.7 Å². The van der Waals surface area contributed by atoms with Crippen LogP contribution in [-0.2, 0) is 12.2 Å². The number of nitrogens with zero attached hydrogens (tertiary/aromatic N) is 4. The van der Waals surface area contributed by atoms with E-state index >= 15 is 4.39 Å². The summed E-state index contributed by atoms with van der Waals surface area (Å²) in [5.41, 5.74) is 0.745. The molecule has 1 aliphatic heterocycles. The second-order valence-electron chi connectivity index (χ2n) is 10.3. The molecule has 6 rings (SSSR count). The maximum absolute atomic E-state index is 15.6. The first-order valence-corrected chi connectivity index (χ1v) is 13.0. The fourth-order valence-electron chi connectivity index (χ4n) is 6.02. The molecule has 0 radical (unpaired) electrons. The van der Waals surface area contributed by atoms with Gasteiger partial charge in [-0.05, 0) is 54.8 Å². The summed E-state index contributed by atoms with van der Waals surface area (Å²) in [6.07, 6.45) is 7.00. The van der Waals surface area contributed by atoms with Gasteiger partial charge in [0.15, 0.2) is 5.67 Å². The van der Waals surface area contributed by atoms with E-state index in [9.17, 15) is 9.90 Å². The van der Waals surface area contributed by atoms with Crippen molar-refractivity contribution in [1.29, 1.82) is 0 Å². The van der Waals surface area contributed by atoms with Crippen molar-refractivity contribution in [3.8, 4) is 0 Å². The maximum atomic E-state index is 15.6. The molecule has 3 heterocycles. The van der Waals surface area contributed by atoms with Crippen LogP contribution in [0.4, 0.5) is 4.39 Å². The van der Waals surface area contributed by atoms with Crippen LogP contribution in [-0.4, -0.2) is 43.7 Å². The standard InChI is InChI=1S/C29H31FN4O2/c30-29(26-11-5-6-14-31-26)12-15-33(16-13-29)18-20-17-23-27(22-8-2-1-7-21(20)22)32-19-34(28(23)36)24-9-3-4-10-25(24)35/h1-2,5-8,11,14,17,19,24-25,35H,3-4,9-10,12-13,15-16,18H2. The number of benzene rings is 2. The monoisotopic (exact) mass is 486 g/mol. The SMILES string of the molecule is O=c1c2cc(CN3CCC(F)(c4ccccn4)CC3)c3ccccc3c2ncn1C1CCCCC1O. The number of alkyl halides is 1. The summed E-state index contributed by atoms with van der Waals surface area (Å²) in [4.78, 5) is 24.9. The molecule has 2 fully saturated rings. The molecular formula is C29H31FN4O2. The largest absolute Gasteiger partial charge is 0.391 e. The Bertz CT molecular complexity index is 1450. The number of aromatic nitrogens is 3. The summed E-state index contributed by atoms with van der Waals surface area (Å²) < 4.78 is 17.3. The van der Waals surface area contributed by atoms with E-state index in [0.717, 1.165) is 35.6 Å². The van der Waals surface area contributed by atoms with Crippen LogP contribution < -0.4 is 5.56 Å². The molecule has 0 bridgehead atoms. The van der Waals surface area contributed by atoms with Crippen molar-refractivity contribution in [2.45, 2.75) is 62.9 Å². The second-order valence-corrected chi connectivity index (χ2v) is 10.3. The molecule has 2 atom stereocenters. The lowest BCUT2D eigenvalue weighted by Gasteiger charge is -2.36. The van der Waals surface area contributed by atoms with Crippen LogP contribution in [0.1, 0.15) is 55.8 Å². The maximum Gasteiger partial charge on any atom is 0.261 e. The van der Waals surface area contributed by atoms with E-state index in [1.807, 2.05) is 36.4 Å². The van der Waals surface area contributed by atoms with Gasteiger partial charge in [-0.2, -0.15) is 0 Å². The quantitative estimate of drug-likeness (QED) is 0.416. The highest BCUT2D eigenvalue weighted by Crippen LogP contribution is 2.37. The van der Waals surface area contributed by atoms with Crippen LogP contribution >= 0.6 is 0 Å². The number of hydrogen-bond donors (Lipinski definition) is 1. The zero-order valence-electron chi connectivity index (χ0n) is 20.3. The predicted molar refractivity (Wildman–Crippen MR) is 139 cm³/mol. The third-order valence-electron chi connectivity index (χ3n) is 8.10. The highest BCUT2D eigenvalue weighted by molar-refractivity contribution is 6.06. The Hall–Kier alpha value is -3.16. The summed E-state index contributed by atoms with van der Waals surface area (Å²) in [6.45, 7) is 1.87. The first kappa shape index (κ1) is 23.3. The summed E-state index contributed by atoms with van der Waals surface area (Å²) in [7, 11) is 0. The molecule has 2 aromatic heterocycles. The van der Waals surface area contributed by atoms with Crippen LogP contribution in [0.5, 0.6) is 0 Å². The Morgan fingerprint density at radius 2 is 1.72 bits per heavy atom. The molecule has 2 unspecified atom stereocenters. The fourth-order valence-corrected chi connectivity index (χ4v) is 6.02. The van der Waals surface area contributed by atoms with Gasteiger partial charge in [0.05, 0.1) is 35.1 Å². The molecule has 36 heavy (non-hydrogen) atoms. The van der Waals surface area contributed by atoms with Crippen molar-refractivity contribution in [1.82, 2.24) is 19.4 Å². The van der Waals surface area contributed by atoms with Crippen molar-refractivity contribution >= 4 is 21.7 Å². The Labute approximate surface area is 209 Å². The molecular weight excluding hydrogens is 455 g/mol. The zero-order chi connectivity index (χ0) is 24.7. The molecule has 0 spiro atoms. The lowest BCUT2D eigenvalue weighted by atomic mass is 9.89. The fraction of sp³-hybridized carbons (Fsp3) is 0.414. The molecule has 6 nitrogen and oxygen atoms in total. The summed E-state index contributed by atoms with van der Waals surface area (Å²) in [5, 5.41) is 13.1. The minimum atomic E-state index is -1.40. The first-order valence-electron chi connectivity index (χ1n) is 13.0. The number of likely N-dealkylation sites (tertiary alicyclic amines) is 1. The van der Waals surface area contributed by atoms with Crippen LogP contribution in [0, 0.1) is 0 Å². The minimum absolute atomic E-state index is 0.102. The first-order chi connectivity index (χ1) is 17.5. The Morgan fingerprint density at radius 3 is 2.47 bits per heavy atom. The molecule has 2 aromatic carbocycles. The van der Waals surface area contributed by atoms with E-state index in [1.165, 1.54) is 0 Å². The molecule has 186 valence electrons. The topological polar surface area (TPSA) is 71.2 Å². The van der Waals surface area contributed by atoms with E-state index in [2.05, 4.69) is 16.0 Å². The van der Waals surface area contributed by atoms with Crippen molar-refractivity contribution in [3.05, 3.63) is 82.7 Å². The molecule has 1 aliphatic carbocycles. The van der Waals surface area contributed by atoms with E-state index in [4.69, 9.17) is 4.98 Å². The van der Waals surface area contributed by atoms with Gasteiger partial charge in [-0.25, -0.2) is 9.37 Å². The average Bonchev–Trinajstić information content (AvgIpc) is 2.92. The number of aliphatic hydroxyl groups is 1. The summed E-state index contributed by atoms with van der Waals surface area (Å²) in [5.74, 6) is 0. The Kier molecular flexibility index (Phi) is 6.05. The summed E-state index contributed by atoms with van der Waals surface area (Å²) >= 11 is 0. The zero-order valence-corrected chi connectivity index (χ0v) is 20.3. The Morgan fingerprint density at radius 1 is 0.972 bits per heavy atom. The third-order valence-corrected chi connectivity index (χ3v) is 8.10. The van der Waals surface area contributed by atoms with Gasteiger partial charge in [-0.3, -0.25) is 19.2 Å². The highest BCUT2D eigenvalue weighted by Gasteiger charge is 2.37. The van der Waals surface area contributed by atoms with Crippen LogP contribution in [0.2, 0.25) is 0 Å². The van der Waals surface area contributed by atoms with E-state index < -0.39 is 11.8 Å². The van der Waals surface area contributed by atoms with Crippen molar-refractivity contribution < 1.29 is 9.50 Å². The van der Waals surface area contributed by atoms with Crippen molar-refractivity contribution in [2.24, 2.45) is 0 Å². The molecule has 1 N–H and O–H groups in total. The molecule has 1 saturated carbocycles. The number of hydrogen-bond acceptors (Lipinski definition) is 5. The molecule has 1 saturated heterocycles. The van der Waals surface area contributed by atoms with Gasteiger partial charge in [0.2, 0.25) is 0 Å². The van der Waals surface area contributed by atoms with Gasteiger partial charge in [-0.15, -0.1) is 0 Å². The average molecular weight is 487 g/mol. The summed E-state index contributed by atoms with van der Waals surface area (Å²) in [6, 6.07) is 15.2. The molecule has 2 aliphatic rings. The molecule has 4 aromatic rings. The van der Waals surface area contributed by atoms with Crippen LogP contribution in [0.15, 0.2) is 65.8 Å². The number of halogens is 1. The van der Waals surface area contributed by atoms with Gasteiger partial charge < -0.3 is 5.11 Å². The van der Waals surface area contributed by atoms with E-state index in [0.29, 0.717) is 55.5 Å². The van der Waals surface area contributed by atoms with E-state index in [1.54, 1.807) is 23.2 Å². The lowest BCUT2D eigenvalue weighted by molar-refractivity contribution is 0.0492. The van der Waals surface area contributed by atoms with Gasteiger partial charge >= 0.3 is 0 Å². The second kappa shape index (κ2) is 9.37. The number of aliphatic hydroxyl groups excluding tert-OH is 1. The molecule has 7 heteroatoms. The van der Waals surface area contributed by atoms with Gasteiger partial charge in [0.1, 0.15) is 0 Å². The number of rotatable bonds is 4. The Balaban J connectivity index is 1.34. The van der Waals surface area contributed by atoms with Gasteiger partial charge in [0, 0.05) is 31.2 Å². The van der Waals surface area contributed by atoms with Crippen LogP contribution in [0.3, 0.4) is 0 Å². The number of fused-ring (bicyclic) bond motifs is 3. The lowest BCUT2D eigenvalue weighted by Crippen LogP contribution is -2.40. The molecule has 0 amide bonds. The normalized spacial score (nSPS) is 22.7. The third kappa shape index (κ3) is 4.10. The van der Waals surface area contributed by atoms with Gasteiger partial charge in [0.25, 0.3) is 5.56 Å². The van der Waals surface area contributed by atoms with Crippen molar-refractivity contribution in [3.63, 3.8) is 0 Å². The number of pyridine rings is 1. The smallest absolute Gasteiger partial charge is 0.261 e. The minimum Gasteiger partial charge on any atom is -0.391 e. The predicted octanol–water partition coefficient (Wildman–Crippen LogP) is 4.88.